The standard InChI is InChI=1S/C11H12F2N4OS/c1-14-5-6-3-7(12)9(8(13)4-6)19-11-16-15-10(18)17(11)2/h3-4,14H,5H2,1-2H3,(H,15,18). The minimum Gasteiger partial charge on any atom is -0.316 e. The molecule has 19 heavy (non-hydrogen) atoms. The van der Waals surface area contributed by atoms with Gasteiger partial charge in [0.05, 0.1) is 4.90 Å². The smallest absolute Gasteiger partial charge is 0.316 e. The number of aromatic nitrogens is 3. The molecule has 0 fully saturated rings. The lowest BCUT2D eigenvalue weighted by molar-refractivity contribution is 0.535. The van der Waals surface area contributed by atoms with Gasteiger partial charge in [-0.05, 0) is 36.5 Å². The number of benzene rings is 1. The van der Waals surface area contributed by atoms with Gasteiger partial charge in [0.2, 0.25) is 0 Å². The summed E-state index contributed by atoms with van der Waals surface area (Å²) < 4.78 is 28.9. The molecule has 5 nitrogen and oxygen atoms in total. The van der Waals surface area contributed by atoms with E-state index in [1.807, 2.05) is 0 Å². The Labute approximate surface area is 112 Å². The lowest BCUT2D eigenvalue weighted by atomic mass is 10.2. The molecule has 2 N–H and O–H groups in total. The van der Waals surface area contributed by atoms with E-state index in [0.717, 1.165) is 11.8 Å². The summed E-state index contributed by atoms with van der Waals surface area (Å²) in [4.78, 5) is 11.0. The zero-order chi connectivity index (χ0) is 14.0. The van der Waals surface area contributed by atoms with E-state index in [0.29, 0.717) is 12.1 Å². The summed E-state index contributed by atoms with van der Waals surface area (Å²) in [7, 11) is 3.16. The minimum absolute atomic E-state index is 0.179. The van der Waals surface area contributed by atoms with E-state index in [1.165, 1.54) is 23.7 Å². The molecular weight excluding hydrogens is 274 g/mol. The fraction of sp³-hybridized carbons (Fsp3) is 0.273. The van der Waals surface area contributed by atoms with Gasteiger partial charge in [0.15, 0.2) is 5.16 Å². The highest BCUT2D eigenvalue weighted by Gasteiger charge is 2.16. The van der Waals surface area contributed by atoms with E-state index in [-0.39, 0.29) is 10.1 Å². The molecule has 1 aromatic heterocycles. The number of halogens is 2. The van der Waals surface area contributed by atoms with Gasteiger partial charge in [-0.15, -0.1) is 5.10 Å². The number of nitrogens with one attached hydrogen (secondary N) is 2. The van der Waals surface area contributed by atoms with Gasteiger partial charge in [0, 0.05) is 13.6 Å². The third-order valence-electron chi connectivity index (χ3n) is 2.47. The molecule has 8 heteroatoms. The third-order valence-corrected chi connectivity index (χ3v) is 3.61. The van der Waals surface area contributed by atoms with Crippen molar-refractivity contribution in [2.24, 2.45) is 7.05 Å². The average Bonchev–Trinajstić information content (AvgIpc) is 2.66. The number of hydrogen-bond donors (Lipinski definition) is 2. The molecule has 0 unspecified atom stereocenters. The van der Waals surface area contributed by atoms with E-state index in [4.69, 9.17) is 0 Å². The second kappa shape index (κ2) is 5.54. The Morgan fingerprint density at radius 2 is 2.05 bits per heavy atom. The van der Waals surface area contributed by atoms with Crippen LogP contribution < -0.4 is 11.0 Å². The van der Waals surface area contributed by atoms with Crippen LogP contribution >= 0.6 is 11.8 Å². The Kier molecular flexibility index (Phi) is 4.01. The molecule has 2 rings (SSSR count). The molecule has 0 radical (unpaired) electrons. The lowest BCUT2D eigenvalue weighted by Gasteiger charge is -2.07. The van der Waals surface area contributed by atoms with Crippen molar-refractivity contribution in [3.8, 4) is 0 Å². The van der Waals surface area contributed by atoms with Crippen LogP contribution in [0, 0.1) is 11.6 Å². The van der Waals surface area contributed by atoms with Gasteiger partial charge in [-0.2, -0.15) is 0 Å². The molecule has 0 saturated carbocycles. The van der Waals surface area contributed by atoms with Crippen molar-refractivity contribution in [3.05, 3.63) is 39.8 Å². The van der Waals surface area contributed by atoms with Crippen molar-refractivity contribution < 1.29 is 8.78 Å². The minimum atomic E-state index is -0.675. The molecule has 0 aliphatic rings. The molecule has 0 amide bonds. The maximum atomic E-state index is 13.8. The van der Waals surface area contributed by atoms with Crippen molar-refractivity contribution in [1.82, 2.24) is 20.1 Å². The molecule has 0 saturated heterocycles. The number of hydrogen-bond acceptors (Lipinski definition) is 4. The van der Waals surface area contributed by atoms with Crippen LogP contribution in [0.15, 0.2) is 27.0 Å². The number of rotatable bonds is 4. The SMILES string of the molecule is CNCc1cc(F)c(Sc2n[nH]c(=O)n2C)c(F)c1. The highest BCUT2D eigenvalue weighted by Crippen LogP contribution is 2.30. The Balaban J connectivity index is 2.35. The van der Waals surface area contributed by atoms with Crippen LogP contribution in [0.3, 0.4) is 0 Å². The van der Waals surface area contributed by atoms with E-state index >= 15 is 0 Å². The van der Waals surface area contributed by atoms with Crippen LogP contribution in [0.25, 0.3) is 0 Å². The Bertz CT molecular complexity index is 629. The zero-order valence-corrected chi connectivity index (χ0v) is 11.1. The van der Waals surface area contributed by atoms with Crippen LogP contribution in [0.2, 0.25) is 0 Å². The van der Waals surface area contributed by atoms with Crippen molar-refractivity contribution in [3.63, 3.8) is 0 Å². The number of nitrogens with zero attached hydrogens (tertiary/aromatic N) is 2. The van der Waals surface area contributed by atoms with Crippen LogP contribution in [-0.4, -0.2) is 21.8 Å². The van der Waals surface area contributed by atoms with Gasteiger partial charge >= 0.3 is 5.69 Å². The quantitative estimate of drug-likeness (QED) is 0.888. The van der Waals surface area contributed by atoms with Crippen molar-refractivity contribution in [2.75, 3.05) is 7.05 Å². The van der Waals surface area contributed by atoms with Crippen molar-refractivity contribution >= 4 is 11.8 Å². The topological polar surface area (TPSA) is 62.7 Å². The van der Waals surface area contributed by atoms with Gasteiger partial charge in [-0.25, -0.2) is 18.7 Å². The zero-order valence-electron chi connectivity index (χ0n) is 10.3. The number of aromatic amines is 1. The predicted molar refractivity (Wildman–Crippen MR) is 67.1 cm³/mol. The molecule has 0 bridgehead atoms. The first-order valence-corrected chi connectivity index (χ1v) is 6.26. The first-order valence-electron chi connectivity index (χ1n) is 5.44. The first kappa shape index (κ1) is 13.8. The summed E-state index contributed by atoms with van der Waals surface area (Å²) in [6.45, 7) is 0.375. The molecule has 0 atom stereocenters. The normalized spacial score (nSPS) is 10.9. The molecule has 1 aromatic carbocycles. The summed E-state index contributed by atoms with van der Waals surface area (Å²) in [5.41, 5.74) is 0.0767. The molecule has 0 aliphatic carbocycles. The van der Waals surface area contributed by atoms with Gasteiger partial charge < -0.3 is 5.32 Å². The van der Waals surface area contributed by atoms with E-state index in [9.17, 15) is 13.6 Å². The Morgan fingerprint density at radius 3 is 2.53 bits per heavy atom. The van der Waals surface area contributed by atoms with Gasteiger partial charge in [0.25, 0.3) is 0 Å². The highest BCUT2D eigenvalue weighted by atomic mass is 32.2. The largest absolute Gasteiger partial charge is 0.343 e. The maximum Gasteiger partial charge on any atom is 0.343 e. The van der Waals surface area contributed by atoms with E-state index < -0.39 is 17.3 Å². The second-order valence-electron chi connectivity index (χ2n) is 3.89. The van der Waals surface area contributed by atoms with E-state index in [1.54, 1.807) is 7.05 Å². The summed E-state index contributed by atoms with van der Waals surface area (Å²) in [6.07, 6.45) is 0. The van der Waals surface area contributed by atoms with Gasteiger partial charge in [-0.3, -0.25) is 4.57 Å². The molecule has 1 heterocycles. The monoisotopic (exact) mass is 286 g/mol. The summed E-state index contributed by atoms with van der Waals surface area (Å²) in [5, 5.41) is 8.92. The predicted octanol–water partition coefficient (Wildman–Crippen LogP) is 1.26. The molecule has 2 aromatic rings. The van der Waals surface area contributed by atoms with Crippen LogP contribution in [0.1, 0.15) is 5.56 Å². The second-order valence-corrected chi connectivity index (χ2v) is 4.87. The number of H-pyrrole nitrogens is 1. The Hall–Kier alpha value is -1.67. The average molecular weight is 286 g/mol. The van der Waals surface area contributed by atoms with Crippen LogP contribution in [-0.2, 0) is 13.6 Å². The summed E-state index contributed by atoms with van der Waals surface area (Å²) in [6, 6.07) is 2.51. The fourth-order valence-electron chi connectivity index (χ4n) is 1.53. The van der Waals surface area contributed by atoms with Crippen molar-refractivity contribution in [2.45, 2.75) is 16.6 Å². The molecular formula is C11H12F2N4OS. The summed E-state index contributed by atoms with van der Waals surface area (Å²) >= 11 is 0.765. The first-order chi connectivity index (χ1) is 9.02. The van der Waals surface area contributed by atoms with E-state index in [2.05, 4.69) is 15.5 Å². The molecule has 0 aliphatic heterocycles. The highest BCUT2D eigenvalue weighted by molar-refractivity contribution is 7.99. The van der Waals surface area contributed by atoms with Gasteiger partial charge in [-0.1, -0.05) is 0 Å². The Morgan fingerprint density at radius 1 is 1.42 bits per heavy atom. The third kappa shape index (κ3) is 2.85. The van der Waals surface area contributed by atoms with Crippen LogP contribution in [0.4, 0.5) is 8.78 Å². The van der Waals surface area contributed by atoms with Crippen LogP contribution in [0.5, 0.6) is 0 Å². The lowest BCUT2D eigenvalue weighted by Crippen LogP contribution is -2.13. The molecule has 0 spiro atoms. The summed E-state index contributed by atoms with van der Waals surface area (Å²) in [5.74, 6) is -1.35. The fourth-order valence-corrected chi connectivity index (χ4v) is 2.34. The maximum absolute atomic E-state index is 13.8. The van der Waals surface area contributed by atoms with Gasteiger partial charge in [0.1, 0.15) is 11.6 Å². The molecule has 102 valence electrons. The van der Waals surface area contributed by atoms with Crippen molar-refractivity contribution in [1.29, 1.82) is 0 Å².